The number of carbonyl (C=O) groups is 1. The van der Waals surface area contributed by atoms with Gasteiger partial charge in [-0.05, 0) is 36.8 Å². The summed E-state index contributed by atoms with van der Waals surface area (Å²) in [6.45, 7) is 5.12. The van der Waals surface area contributed by atoms with E-state index in [1.807, 2.05) is 30.3 Å². The van der Waals surface area contributed by atoms with Crippen LogP contribution in [0.4, 0.5) is 0 Å². The third-order valence-electron chi connectivity index (χ3n) is 4.21. The second-order valence-electron chi connectivity index (χ2n) is 7.04. The van der Waals surface area contributed by atoms with Crippen LogP contribution in [0, 0.1) is 11.8 Å². The van der Waals surface area contributed by atoms with Gasteiger partial charge in [0, 0.05) is 12.6 Å². The van der Waals surface area contributed by atoms with Crippen LogP contribution in [0.2, 0.25) is 0 Å². The average molecular weight is 379 g/mol. The molecule has 1 aromatic carbocycles. The lowest BCUT2D eigenvalue weighted by atomic mass is 10.2. The fourth-order valence-electron chi connectivity index (χ4n) is 2.58. The van der Waals surface area contributed by atoms with E-state index in [0.29, 0.717) is 36.4 Å². The molecule has 0 radical (unpaired) electrons. The maximum Gasteiger partial charge on any atom is 0.275 e. The SMILES string of the molecule is CC(C)COc1cn(-c2ccccc2)nc1C(=O)NCC(N)C1CC1.Cl. The Labute approximate surface area is 160 Å². The van der Waals surface area contributed by atoms with E-state index >= 15 is 0 Å². The molecule has 3 N–H and O–H groups in total. The van der Waals surface area contributed by atoms with Gasteiger partial charge in [0.25, 0.3) is 5.91 Å². The first-order valence-electron chi connectivity index (χ1n) is 8.86. The molecule has 2 aromatic rings. The zero-order chi connectivity index (χ0) is 17.8. The van der Waals surface area contributed by atoms with Crippen molar-refractivity contribution in [1.82, 2.24) is 15.1 Å². The number of nitrogens with two attached hydrogens (primary N) is 1. The number of rotatable bonds is 8. The lowest BCUT2D eigenvalue weighted by Gasteiger charge is -2.12. The molecular formula is C19H27ClN4O2. The first kappa shape index (κ1) is 20.3. The summed E-state index contributed by atoms with van der Waals surface area (Å²) in [6, 6.07) is 9.68. The van der Waals surface area contributed by atoms with Crippen LogP contribution in [-0.4, -0.2) is 34.9 Å². The van der Waals surface area contributed by atoms with Crippen molar-refractivity contribution in [2.45, 2.75) is 32.7 Å². The molecule has 142 valence electrons. The lowest BCUT2D eigenvalue weighted by molar-refractivity contribution is 0.0940. The van der Waals surface area contributed by atoms with Crippen molar-refractivity contribution >= 4 is 18.3 Å². The molecule has 1 heterocycles. The molecule has 1 fully saturated rings. The molecule has 6 nitrogen and oxygen atoms in total. The molecule has 26 heavy (non-hydrogen) atoms. The van der Waals surface area contributed by atoms with E-state index in [1.54, 1.807) is 10.9 Å². The highest BCUT2D eigenvalue weighted by atomic mass is 35.5. The molecule has 1 aliphatic carbocycles. The van der Waals surface area contributed by atoms with Crippen LogP contribution in [0.25, 0.3) is 5.69 Å². The van der Waals surface area contributed by atoms with Crippen molar-refractivity contribution in [2.75, 3.05) is 13.2 Å². The summed E-state index contributed by atoms with van der Waals surface area (Å²) in [5, 5.41) is 7.33. The number of aromatic nitrogens is 2. The molecule has 0 aliphatic heterocycles. The number of para-hydroxylation sites is 1. The topological polar surface area (TPSA) is 82.2 Å². The summed E-state index contributed by atoms with van der Waals surface area (Å²) in [5.74, 6) is 1.15. The molecule has 1 unspecified atom stereocenters. The number of amides is 1. The van der Waals surface area contributed by atoms with Gasteiger partial charge in [0.2, 0.25) is 0 Å². The van der Waals surface area contributed by atoms with E-state index in [4.69, 9.17) is 10.5 Å². The molecule has 0 spiro atoms. The van der Waals surface area contributed by atoms with Gasteiger partial charge in [-0.3, -0.25) is 4.79 Å². The second kappa shape index (κ2) is 9.05. The molecule has 1 atom stereocenters. The quantitative estimate of drug-likeness (QED) is 0.740. The summed E-state index contributed by atoms with van der Waals surface area (Å²) < 4.78 is 7.49. The number of ether oxygens (including phenoxy) is 1. The van der Waals surface area contributed by atoms with E-state index in [0.717, 1.165) is 18.5 Å². The monoisotopic (exact) mass is 378 g/mol. The maximum absolute atomic E-state index is 12.6. The van der Waals surface area contributed by atoms with Gasteiger partial charge in [-0.15, -0.1) is 12.4 Å². The van der Waals surface area contributed by atoms with Gasteiger partial charge in [-0.2, -0.15) is 5.10 Å². The van der Waals surface area contributed by atoms with Gasteiger partial charge in [-0.25, -0.2) is 4.68 Å². The molecule has 1 aliphatic rings. The first-order chi connectivity index (χ1) is 12.0. The number of hydrogen-bond acceptors (Lipinski definition) is 4. The Morgan fingerprint density at radius 1 is 1.35 bits per heavy atom. The third kappa shape index (κ3) is 5.22. The van der Waals surface area contributed by atoms with E-state index in [2.05, 4.69) is 24.3 Å². The van der Waals surface area contributed by atoms with E-state index in [9.17, 15) is 4.79 Å². The van der Waals surface area contributed by atoms with Crippen LogP contribution >= 0.6 is 12.4 Å². The summed E-state index contributed by atoms with van der Waals surface area (Å²) in [5.41, 5.74) is 7.25. The minimum absolute atomic E-state index is 0. The summed E-state index contributed by atoms with van der Waals surface area (Å²) in [7, 11) is 0. The van der Waals surface area contributed by atoms with Crippen LogP contribution in [0.1, 0.15) is 37.2 Å². The van der Waals surface area contributed by atoms with E-state index < -0.39 is 0 Å². The van der Waals surface area contributed by atoms with Crippen LogP contribution in [0.3, 0.4) is 0 Å². The number of nitrogens with zero attached hydrogens (tertiary/aromatic N) is 2. The predicted molar refractivity (Wildman–Crippen MR) is 104 cm³/mol. The van der Waals surface area contributed by atoms with Crippen LogP contribution in [-0.2, 0) is 0 Å². The van der Waals surface area contributed by atoms with Crippen molar-refractivity contribution in [3.05, 3.63) is 42.2 Å². The zero-order valence-electron chi connectivity index (χ0n) is 15.2. The van der Waals surface area contributed by atoms with Crippen molar-refractivity contribution < 1.29 is 9.53 Å². The minimum Gasteiger partial charge on any atom is -0.489 e. The molecule has 1 aromatic heterocycles. The Balaban J connectivity index is 0.00000243. The maximum atomic E-state index is 12.6. The molecule has 0 saturated heterocycles. The Morgan fingerprint density at radius 2 is 2.04 bits per heavy atom. The molecular weight excluding hydrogens is 352 g/mol. The number of hydrogen-bond donors (Lipinski definition) is 2. The van der Waals surface area contributed by atoms with Crippen LogP contribution in [0.5, 0.6) is 5.75 Å². The lowest BCUT2D eigenvalue weighted by Crippen LogP contribution is -2.38. The highest BCUT2D eigenvalue weighted by Gasteiger charge is 2.29. The number of benzene rings is 1. The largest absolute Gasteiger partial charge is 0.489 e. The molecule has 3 rings (SSSR count). The fourth-order valence-corrected chi connectivity index (χ4v) is 2.58. The minimum atomic E-state index is -0.246. The predicted octanol–water partition coefficient (Wildman–Crippen LogP) is 2.80. The smallest absolute Gasteiger partial charge is 0.275 e. The summed E-state index contributed by atoms with van der Waals surface area (Å²) in [4.78, 5) is 12.6. The molecule has 1 saturated carbocycles. The van der Waals surface area contributed by atoms with E-state index in [1.165, 1.54) is 0 Å². The highest BCUT2D eigenvalue weighted by Crippen LogP contribution is 2.31. The molecule has 1 amide bonds. The Kier molecular flexibility index (Phi) is 7.06. The Bertz CT molecular complexity index is 714. The second-order valence-corrected chi connectivity index (χ2v) is 7.04. The van der Waals surface area contributed by atoms with Gasteiger partial charge in [0.15, 0.2) is 11.4 Å². The average Bonchev–Trinajstić information content (AvgIpc) is 3.38. The zero-order valence-corrected chi connectivity index (χ0v) is 16.0. The van der Waals surface area contributed by atoms with Crippen molar-refractivity contribution in [2.24, 2.45) is 17.6 Å². The van der Waals surface area contributed by atoms with Crippen molar-refractivity contribution in [3.8, 4) is 11.4 Å². The van der Waals surface area contributed by atoms with E-state index in [-0.39, 0.29) is 24.4 Å². The van der Waals surface area contributed by atoms with Crippen molar-refractivity contribution in [1.29, 1.82) is 0 Å². The van der Waals surface area contributed by atoms with Gasteiger partial charge >= 0.3 is 0 Å². The fraction of sp³-hybridized carbons (Fsp3) is 0.474. The molecule has 7 heteroatoms. The standard InChI is InChI=1S/C19H26N4O2.ClH/c1-13(2)12-25-17-11-23(15-6-4-3-5-7-15)22-18(17)19(24)21-10-16(20)14-8-9-14;/h3-7,11,13-14,16H,8-10,12,20H2,1-2H3,(H,21,24);1H. The molecule has 0 bridgehead atoms. The van der Waals surface area contributed by atoms with Crippen LogP contribution in [0.15, 0.2) is 36.5 Å². The Morgan fingerprint density at radius 3 is 2.65 bits per heavy atom. The van der Waals surface area contributed by atoms with Crippen molar-refractivity contribution in [3.63, 3.8) is 0 Å². The number of halogens is 1. The first-order valence-corrected chi connectivity index (χ1v) is 8.86. The number of nitrogens with one attached hydrogen (secondary N) is 1. The normalized spacial score (nSPS) is 14.6. The van der Waals surface area contributed by atoms with Crippen LogP contribution < -0.4 is 15.8 Å². The summed E-state index contributed by atoms with van der Waals surface area (Å²) >= 11 is 0. The Hall–Kier alpha value is -2.05. The van der Waals surface area contributed by atoms with Gasteiger partial charge in [0.1, 0.15) is 0 Å². The summed E-state index contributed by atoms with van der Waals surface area (Å²) in [6.07, 6.45) is 4.07. The van der Waals surface area contributed by atoms with Gasteiger partial charge in [0.05, 0.1) is 18.5 Å². The number of carbonyl (C=O) groups excluding carboxylic acids is 1. The highest BCUT2D eigenvalue weighted by molar-refractivity contribution is 5.95. The van der Waals surface area contributed by atoms with Gasteiger partial charge in [-0.1, -0.05) is 32.0 Å². The third-order valence-corrected chi connectivity index (χ3v) is 4.21. The van der Waals surface area contributed by atoms with Gasteiger partial charge < -0.3 is 15.8 Å².